The molecule has 0 bridgehead atoms. The SMILES string of the molecule is C=C(CCC(=C)C(=O)OCCc1c(-c2ccc(C)cc2)cc(OCCOC(=O)C(=C)C)c(CCCO)c1OCCOC(=O)C(=C)C)COc1c(OCCOC(=O)C(C)C)c(CCCO)c(OCCOC(=O)C(=C)C)c(CCOC(=O)C(=C)C)c1-c1ccc(C)cc1. The summed E-state index contributed by atoms with van der Waals surface area (Å²) in [6.45, 7) is 34.9. The first-order valence-corrected chi connectivity index (χ1v) is 30.3. The Labute approximate surface area is 535 Å². The molecule has 0 saturated carbocycles. The number of ether oxygens (including phenoxy) is 11. The fourth-order valence-corrected chi connectivity index (χ4v) is 8.81. The van der Waals surface area contributed by atoms with Gasteiger partial charge in [0, 0.05) is 81.7 Å². The molecular weight excluding hydrogens is 1170 g/mol. The van der Waals surface area contributed by atoms with Crippen LogP contribution < -0.4 is 23.7 Å². The molecule has 19 nitrogen and oxygen atoms in total. The Hall–Kier alpha value is -8.94. The lowest BCUT2D eigenvalue weighted by Crippen LogP contribution is -2.19. The molecule has 0 saturated heterocycles. The number of carbonyl (C=O) groups is 6. The molecule has 0 aliphatic carbocycles. The van der Waals surface area contributed by atoms with Crippen molar-refractivity contribution in [3.8, 4) is 51.0 Å². The van der Waals surface area contributed by atoms with Gasteiger partial charge in [-0.05, 0) is 108 Å². The van der Waals surface area contributed by atoms with E-state index >= 15 is 0 Å². The normalized spacial score (nSPS) is 10.8. The van der Waals surface area contributed by atoms with E-state index < -0.39 is 41.7 Å². The quantitative estimate of drug-likeness (QED) is 0.0138. The molecule has 4 aromatic carbocycles. The smallest absolute Gasteiger partial charge is 0.333 e. The van der Waals surface area contributed by atoms with Gasteiger partial charge in [-0.3, -0.25) is 4.79 Å². The van der Waals surface area contributed by atoms with Gasteiger partial charge in [0.2, 0.25) is 0 Å². The summed E-state index contributed by atoms with van der Waals surface area (Å²) < 4.78 is 66.0. The van der Waals surface area contributed by atoms with E-state index in [1.165, 1.54) is 20.8 Å². The van der Waals surface area contributed by atoms with Gasteiger partial charge in [-0.25, -0.2) is 24.0 Å². The molecule has 4 aromatic rings. The molecule has 19 heteroatoms. The molecule has 0 heterocycles. The number of esters is 6. The van der Waals surface area contributed by atoms with Crippen LogP contribution in [0.1, 0.15) is 101 Å². The van der Waals surface area contributed by atoms with Gasteiger partial charge in [0.25, 0.3) is 0 Å². The standard InChI is InChI=1S/C72H90O19/c1-45(2)67(75)85-34-30-58-62(55-27-22-51(12)23-28-55)66(65(84-38-42-90-71(79)49(9)10)59(18-16-32-74)64(58)83-37-41-89-70(78)48(7)8)91-44-52(13)19-24-53(14)72(80)86-33-29-56-60(54-25-20-50(11)21-26-54)43-61(81-35-39-87-68(76)46(3)4)57(17-15-31-73)63(56)82-36-40-88-69(77)47(5)6/h20-23,25-28,43,49,73-74H,1,3,5,7,13-19,24,29-42,44H2,2,4,6,8-12H3. The Bertz CT molecular complexity index is 3240. The Balaban J connectivity index is 1.73. The lowest BCUT2D eigenvalue weighted by molar-refractivity contribution is -0.148. The third-order valence-corrected chi connectivity index (χ3v) is 13.7. The van der Waals surface area contributed by atoms with Crippen LogP contribution in [0.4, 0.5) is 0 Å². The molecule has 0 spiro atoms. The number of rotatable bonds is 42. The Kier molecular flexibility index (Phi) is 31.6. The second-order valence-electron chi connectivity index (χ2n) is 22.1. The van der Waals surface area contributed by atoms with Crippen molar-refractivity contribution in [3.63, 3.8) is 0 Å². The lowest BCUT2D eigenvalue weighted by Gasteiger charge is -2.27. The van der Waals surface area contributed by atoms with E-state index in [0.717, 1.165) is 16.7 Å². The number of aliphatic hydroxyl groups excluding tert-OH is 2. The number of aryl methyl sites for hydroxylation is 2. The first kappa shape index (κ1) is 74.5. The second kappa shape index (κ2) is 38.6. The number of benzene rings is 4. The van der Waals surface area contributed by atoms with Gasteiger partial charge < -0.3 is 62.3 Å². The Morgan fingerprint density at radius 1 is 0.429 bits per heavy atom. The highest BCUT2D eigenvalue weighted by molar-refractivity contribution is 5.89. The maximum Gasteiger partial charge on any atom is 0.333 e. The van der Waals surface area contributed by atoms with E-state index in [0.29, 0.717) is 68.2 Å². The fourth-order valence-electron chi connectivity index (χ4n) is 8.81. The molecule has 2 N–H and O–H groups in total. The van der Waals surface area contributed by atoms with Crippen LogP contribution in [0.5, 0.6) is 28.7 Å². The van der Waals surface area contributed by atoms with E-state index in [-0.39, 0.29) is 170 Å². The Morgan fingerprint density at radius 2 is 0.846 bits per heavy atom. The first-order valence-electron chi connectivity index (χ1n) is 30.3. The molecule has 0 aliphatic rings. The van der Waals surface area contributed by atoms with Gasteiger partial charge in [0.05, 0.1) is 19.1 Å². The average molecular weight is 1260 g/mol. The fraction of sp³-hybridized carbons (Fsp3) is 0.417. The van der Waals surface area contributed by atoms with Crippen molar-refractivity contribution >= 4 is 35.8 Å². The van der Waals surface area contributed by atoms with Gasteiger partial charge in [0.1, 0.15) is 76.7 Å². The first-order chi connectivity index (χ1) is 43.4. The van der Waals surface area contributed by atoms with Crippen LogP contribution in [0, 0.1) is 19.8 Å². The third kappa shape index (κ3) is 24.1. The van der Waals surface area contributed by atoms with Crippen LogP contribution in [0.2, 0.25) is 0 Å². The average Bonchev–Trinajstić information content (AvgIpc) is 0.773. The summed E-state index contributed by atoms with van der Waals surface area (Å²) in [5.41, 5.74) is 8.31. The predicted octanol–water partition coefficient (Wildman–Crippen LogP) is 11.3. The van der Waals surface area contributed by atoms with Crippen molar-refractivity contribution in [2.24, 2.45) is 5.92 Å². The minimum atomic E-state index is -0.671. The maximum atomic E-state index is 13.9. The highest BCUT2D eigenvalue weighted by Gasteiger charge is 2.30. The zero-order valence-corrected chi connectivity index (χ0v) is 54.2. The van der Waals surface area contributed by atoms with Crippen LogP contribution in [0.3, 0.4) is 0 Å². The highest BCUT2D eigenvalue weighted by atomic mass is 16.6. The van der Waals surface area contributed by atoms with Crippen LogP contribution in [0.15, 0.2) is 128 Å². The molecule has 0 fully saturated rings. The van der Waals surface area contributed by atoms with Crippen LogP contribution >= 0.6 is 0 Å². The van der Waals surface area contributed by atoms with Gasteiger partial charge in [-0.15, -0.1) is 0 Å². The monoisotopic (exact) mass is 1260 g/mol. The van der Waals surface area contributed by atoms with E-state index in [1.807, 2.05) is 68.4 Å². The highest BCUT2D eigenvalue weighted by Crippen LogP contribution is 2.51. The zero-order chi connectivity index (χ0) is 67.2. The molecule has 0 unspecified atom stereocenters. The molecule has 0 aromatic heterocycles. The van der Waals surface area contributed by atoms with E-state index in [9.17, 15) is 39.0 Å². The molecule has 4 rings (SSSR count). The van der Waals surface area contributed by atoms with E-state index in [1.54, 1.807) is 20.8 Å². The molecule has 91 heavy (non-hydrogen) atoms. The lowest BCUT2D eigenvalue weighted by atomic mass is 9.90. The third-order valence-electron chi connectivity index (χ3n) is 13.7. The summed E-state index contributed by atoms with van der Waals surface area (Å²) in [7, 11) is 0. The predicted molar refractivity (Wildman–Crippen MR) is 346 cm³/mol. The molecule has 0 atom stereocenters. The second-order valence-corrected chi connectivity index (χ2v) is 22.1. The van der Waals surface area contributed by atoms with Crippen LogP contribution in [-0.2, 0) is 82.9 Å². The summed E-state index contributed by atoms with van der Waals surface area (Å²) in [4.78, 5) is 76.4. The number of aliphatic hydroxyl groups is 2. The minimum absolute atomic E-state index is 0.0283. The van der Waals surface area contributed by atoms with E-state index in [4.69, 9.17) is 52.1 Å². The van der Waals surface area contributed by atoms with Crippen molar-refractivity contribution in [1.82, 2.24) is 0 Å². The van der Waals surface area contributed by atoms with Crippen molar-refractivity contribution in [2.75, 3.05) is 85.9 Å². The summed E-state index contributed by atoms with van der Waals surface area (Å²) in [5.74, 6) is -2.38. The number of hydrogen-bond donors (Lipinski definition) is 2. The van der Waals surface area contributed by atoms with Gasteiger partial charge >= 0.3 is 35.8 Å². The largest absolute Gasteiger partial charge is 0.490 e. The van der Waals surface area contributed by atoms with E-state index in [2.05, 4.69) is 39.5 Å². The van der Waals surface area contributed by atoms with Crippen molar-refractivity contribution < 1.29 is 91.1 Å². The maximum absolute atomic E-state index is 13.9. The van der Waals surface area contributed by atoms with Gasteiger partial charge in [-0.2, -0.15) is 0 Å². The molecule has 0 aliphatic heterocycles. The molecule has 0 amide bonds. The van der Waals surface area contributed by atoms with Gasteiger partial charge in [0.15, 0.2) is 11.5 Å². The van der Waals surface area contributed by atoms with Gasteiger partial charge in [-0.1, -0.05) is 113 Å². The molecular formula is C72H90O19. The number of hydrogen-bond acceptors (Lipinski definition) is 19. The summed E-state index contributed by atoms with van der Waals surface area (Å²) in [6, 6.07) is 17.2. The summed E-state index contributed by atoms with van der Waals surface area (Å²) >= 11 is 0. The van der Waals surface area contributed by atoms with Crippen LogP contribution in [-0.4, -0.2) is 132 Å². The zero-order valence-electron chi connectivity index (χ0n) is 54.2. The van der Waals surface area contributed by atoms with Crippen LogP contribution in [0.25, 0.3) is 22.3 Å². The summed E-state index contributed by atoms with van der Waals surface area (Å²) in [5, 5.41) is 20.3. The minimum Gasteiger partial charge on any atom is -0.490 e. The Morgan fingerprint density at radius 3 is 1.33 bits per heavy atom. The van der Waals surface area contributed by atoms with Crippen molar-refractivity contribution in [3.05, 3.63) is 161 Å². The van der Waals surface area contributed by atoms with Crippen molar-refractivity contribution in [1.29, 1.82) is 0 Å². The number of carbonyl (C=O) groups excluding carboxylic acids is 6. The molecule has 0 radical (unpaired) electrons. The molecule has 492 valence electrons. The summed E-state index contributed by atoms with van der Waals surface area (Å²) in [6.07, 6.45) is 1.56. The van der Waals surface area contributed by atoms with Crippen molar-refractivity contribution in [2.45, 2.75) is 107 Å². The topological polar surface area (TPSA) is 244 Å².